The molecule has 0 radical (unpaired) electrons. The van der Waals surface area contributed by atoms with E-state index in [-0.39, 0.29) is 0 Å². The van der Waals surface area contributed by atoms with Crippen LogP contribution >= 0.6 is 0 Å². The second-order valence-corrected chi connectivity index (χ2v) is 13.6. The van der Waals surface area contributed by atoms with Crippen LogP contribution in [0.25, 0.3) is 0 Å². The minimum atomic E-state index is -1.42. The molecule has 19 heavy (non-hydrogen) atoms. The van der Waals surface area contributed by atoms with Gasteiger partial charge in [-0.15, -0.1) is 0 Å². The molecule has 0 saturated carbocycles. The molecule has 0 N–H and O–H groups in total. The molecule has 0 amide bonds. The van der Waals surface area contributed by atoms with Gasteiger partial charge in [-0.1, -0.05) is 52.7 Å². The fourth-order valence-electron chi connectivity index (χ4n) is 5.10. The van der Waals surface area contributed by atoms with E-state index in [4.69, 9.17) is 0 Å². The van der Waals surface area contributed by atoms with Crippen LogP contribution in [0.3, 0.4) is 0 Å². The summed E-state index contributed by atoms with van der Waals surface area (Å²) in [5.74, 6) is 0. The number of allylic oxidation sites excluding steroid dienone is 4. The molecule has 0 bridgehead atoms. The Balaban J connectivity index is 3.53. The first kappa shape index (κ1) is 16.8. The zero-order chi connectivity index (χ0) is 15.1. The lowest BCUT2D eigenvalue weighted by Crippen LogP contribution is -2.49. The lowest BCUT2D eigenvalue weighted by molar-refractivity contribution is 0.772. The van der Waals surface area contributed by atoms with Crippen molar-refractivity contribution < 1.29 is 0 Å². The van der Waals surface area contributed by atoms with Crippen LogP contribution in [0.4, 0.5) is 0 Å². The van der Waals surface area contributed by atoms with Crippen LogP contribution in [-0.4, -0.2) is 8.07 Å². The Labute approximate surface area is 122 Å². The van der Waals surface area contributed by atoms with Crippen molar-refractivity contribution in [3.63, 3.8) is 0 Å². The Bertz CT molecular complexity index is 362. The van der Waals surface area contributed by atoms with Crippen LogP contribution in [0.5, 0.6) is 0 Å². The molecule has 0 atom stereocenters. The Hall–Kier alpha value is -0.303. The van der Waals surface area contributed by atoms with E-state index < -0.39 is 8.07 Å². The molecular formula is C18H34Si. The third-order valence-electron chi connectivity index (χ3n) is 6.11. The summed E-state index contributed by atoms with van der Waals surface area (Å²) in [4.78, 5) is 0. The third kappa shape index (κ3) is 2.28. The molecule has 0 aliphatic heterocycles. The molecule has 0 aromatic heterocycles. The fourth-order valence-corrected chi connectivity index (χ4v) is 13.0. The first-order chi connectivity index (χ1) is 8.59. The maximum Gasteiger partial charge on any atom is 0.0731 e. The summed E-state index contributed by atoms with van der Waals surface area (Å²) in [6, 6.07) is 0. The summed E-state index contributed by atoms with van der Waals surface area (Å²) >= 11 is 0. The van der Waals surface area contributed by atoms with Crippen molar-refractivity contribution in [2.24, 2.45) is 0 Å². The van der Waals surface area contributed by atoms with Crippen molar-refractivity contribution >= 4 is 8.07 Å². The van der Waals surface area contributed by atoms with Gasteiger partial charge in [0.1, 0.15) is 0 Å². The van der Waals surface area contributed by atoms with Gasteiger partial charge in [-0.3, -0.25) is 0 Å². The van der Waals surface area contributed by atoms with Crippen molar-refractivity contribution in [2.75, 3.05) is 0 Å². The summed E-state index contributed by atoms with van der Waals surface area (Å²) in [6.07, 6.45) is 0. The number of hydrogen-bond donors (Lipinski definition) is 0. The topological polar surface area (TPSA) is 0 Å². The molecule has 0 aromatic rings. The van der Waals surface area contributed by atoms with Crippen LogP contribution in [0.2, 0.25) is 22.2 Å². The molecule has 110 valence electrons. The molecule has 0 aromatic carbocycles. The average molecular weight is 279 g/mol. The van der Waals surface area contributed by atoms with Crippen LogP contribution in [-0.2, 0) is 0 Å². The highest BCUT2D eigenvalue weighted by Gasteiger charge is 2.51. The van der Waals surface area contributed by atoms with Gasteiger partial charge < -0.3 is 0 Å². The Kier molecular flexibility index (Phi) is 4.93. The van der Waals surface area contributed by atoms with Crippen molar-refractivity contribution in [3.05, 3.63) is 22.3 Å². The average Bonchev–Trinajstić information content (AvgIpc) is 2.46. The molecule has 1 aliphatic carbocycles. The number of hydrogen-bond acceptors (Lipinski definition) is 0. The van der Waals surface area contributed by atoms with Crippen molar-refractivity contribution in [3.8, 4) is 0 Å². The molecule has 1 rings (SSSR count). The van der Waals surface area contributed by atoms with E-state index >= 15 is 0 Å². The Morgan fingerprint density at radius 3 is 1.11 bits per heavy atom. The summed E-state index contributed by atoms with van der Waals surface area (Å²) in [5.41, 5.74) is 9.77. The van der Waals surface area contributed by atoms with Gasteiger partial charge in [-0.2, -0.15) is 0 Å². The summed E-state index contributed by atoms with van der Waals surface area (Å²) in [7, 11) is -1.42. The first-order valence-electron chi connectivity index (χ1n) is 7.95. The Morgan fingerprint density at radius 2 is 0.895 bits per heavy atom. The van der Waals surface area contributed by atoms with Crippen LogP contribution < -0.4 is 0 Å². The van der Waals surface area contributed by atoms with Crippen molar-refractivity contribution in [2.45, 2.75) is 91.4 Å². The molecular weight excluding hydrogens is 244 g/mol. The molecule has 0 heterocycles. The second-order valence-electron chi connectivity index (χ2n) is 7.51. The molecule has 0 spiro atoms. The zero-order valence-electron chi connectivity index (χ0n) is 14.8. The van der Waals surface area contributed by atoms with Crippen molar-refractivity contribution in [1.82, 2.24) is 0 Å². The predicted molar refractivity (Wildman–Crippen MR) is 91.5 cm³/mol. The van der Waals surface area contributed by atoms with E-state index in [1.54, 1.807) is 22.3 Å². The molecule has 0 saturated heterocycles. The van der Waals surface area contributed by atoms with Gasteiger partial charge >= 0.3 is 0 Å². The number of rotatable bonds is 4. The molecule has 1 heteroatoms. The van der Waals surface area contributed by atoms with Crippen LogP contribution in [0.15, 0.2) is 22.3 Å². The highest BCUT2D eigenvalue weighted by Crippen LogP contribution is 2.58. The summed E-state index contributed by atoms with van der Waals surface area (Å²) in [5, 5.41) is 0. The van der Waals surface area contributed by atoms with Gasteiger partial charge in [-0.25, -0.2) is 0 Å². The molecule has 0 fully saturated rings. The maximum absolute atomic E-state index is 2.48. The largest absolute Gasteiger partial charge is 0.0731 e. The highest BCUT2D eigenvalue weighted by atomic mass is 28.3. The molecule has 1 aliphatic rings. The van der Waals surface area contributed by atoms with E-state index in [0.717, 1.165) is 22.2 Å². The summed E-state index contributed by atoms with van der Waals surface area (Å²) in [6.45, 7) is 24.3. The monoisotopic (exact) mass is 278 g/mol. The normalized spacial score (nSPS) is 18.8. The van der Waals surface area contributed by atoms with E-state index in [9.17, 15) is 0 Å². The predicted octanol–water partition coefficient (Wildman–Crippen LogP) is 6.72. The summed E-state index contributed by atoms with van der Waals surface area (Å²) < 4.78 is 0. The van der Waals surface area contributed by atoms with Gasteiger partial charge in [0, 0.05) is 0 Å². The minimum absolute atomic E-state index is 0.771. The van der Waals surface area contributed by atoms with Gasteiger partial charge in [0.05, 0.1) is 8.07 Å². The van der Waals surface area contributed by atoms with E-state index in [1.165, 1.54) is 0 Å². The fraction of sp³-hybridized carbons (Fsp3) is 0.778. The van der Waals surface area contributed by atoms with Crippen LogP contribution in [0, 0.1) is 0 Å². The SMILES string of the molecule is CC1=C(C)C([Si](C(C)C)(C(C)C)C(C)C)C(C)=C1C. The lowest BCUT2D eigenvalue weighted by atomic mass is 10.1. The van der Waals surface area contributed by atoms with Crippen molar-refractivity contribution in [1.29, 1.82) is 0 Å². The van der Waals surface area contributed by atoms with Gasteiger partial charge in [0.15, 0.2) is 0 Å². The lowest BCUT2D eigenvalue weighted by Gasteiger charge is -2.49. The quantitative estimate of drug-likeness (QED) is 0.501. The van der Waals surface area contributed by atoms with Gasteiger partial charge in [0.25, 0.3) is 0 Å². The van der Waals surface area contributed by atoms with Gasteiger partial charge in [-0.05, 0) is 61.0 Å². The smallest absolute Gasteiger partial charge is 0.0656 e. The van der Waals surface area contributed by atoms with E-state index in [1.807, 2.05) is 0 Å². The van der Waals surface area contributed by atoms with Gasteiger partial charge in [0.2, 0.25) is 0 Å². The van der Waals surface area contributed by atoms with Crippen LogP contribution in [0.1, 0.15) is 69.2 Å². The van der Waals surface area contributed by atoms with E-state index in [0.29, 0.717) is 0 Å². The zero-order valence-corrected chi connectivity index (χ0v) is 15.8. The highest BCUT2D eigenvalue weighted by molar-refractivity contribution is 6.86. The first-order valence-corrected chi connectivity index (χ1v) is 10.3. The Morgan fingerprint density at radius 1 is 0.632 bits per heavy atom. The maximum atomic E-state index is 2.48. The second kappa shape index (κ2) is 5.59. The molecule has 0 nitrogen and oxygen atoms in total. The molecule has 0 unspecified atom stereocenters. The minimum Gasteiger partial charge on any atom is -0.0656 e. The standard InChI is InChI=1S/C18H34Si/c1-11(2)19(12(3)4,13(5)6)18-16(9)14(7)15(8)17(18)10/h11-13,18H,1-10H3. The van der Waals surface area contributed by atoms with E-state index in [2.05, 4.69) is 69.2 Å². The third-order valence-corrected chi connectivity index (χ3v) is 14.0.